The van der Waals surface area contributed by atoms with E-state index in [0.29, 0.717) is 25.7 Å². The number of ether oxygens (including phenoxy) is 4. The van der Waals surface area contributed by atoms with Gasteiger partial charge in [-0.1, -0.05) is 382 Å². The zero-order valence-electron chi connectivity index (χ0n) is 66.2. The van der Waals surface area contributed by atoms with E-state index in [9.17, 15) is 43.2 Å². The average molecular weight is 1480 g/mol. The molecule has 0 aromatic rings. The van der Waals surface area contributed by atoms with Crippen molar-refractivity contribution in [3.8, 4) is 0 Å². The molecule has 4 unspecified atom stereocenters. The molecular formula is C82H160O17P2. The summed E-state index contributed by atoms with van der Waals surface area (Å²) in [5.41, 5.74) is 0. The Morgan fingerprint density at radius 3 is 0.703 bits per heavy atom. The average Bonchev–Trinajstić information content (AvgIpc) is 1.00. The Morgan fingerprint density at radius 2 is 0.475 bits per heavy atom. The molecule has 600 valence electrons. The van der Waals surface area contributed by atoms with E-state index >= 15 is 0 Å². The number of esters is 4. The lowest BCUT2D eigenvalue weighted by atomic mass is 9.99. The highest BCUT2D eigenvalue weighted by Gasteiger charge is 2.30. The fourth-order valence-electron chi connectivity index (χ4n) is 12.6. The molecule has 0 rings (SSSR count). The van der Waals surface area contributed by atoms with Gasteiger partial charge in [-0.2, -0.15) is 0 Å². The van der Waals surface area contributed by atoms with Crippen molar-refractivity contribution in [3.63, 3.8) is 0 Å². The third-order valence-corrected chi connectivity index (χ3v) is 21.8. The van der Waals surface area contributed by atoms with Crippen molar-refractivity contribution in [2.24, 2.45) is 11.8 Å². The quantitative estimate of drug-likeness (QED) is 0.0222. The van der Waals surface area contributed by atoms with Gasteiger partial charge >= 0.3 is 39.5 Å². The molecule has 0 aliphatic rings. The molecule has 0 saturated heterocycles. The van der Waals surface area contributed by atoms with Gasteiger partial charge < -0.3 is 33.8 Å². The minimum Gasteiger partial charge on any atom is -0.462 e. The molecule has 0 aromatic heterocycles. The van der Waals surface area contributed by atoms with Crippen LogP contribution in [0.4, 0.5) is 0 Å². The van der Waals surface area contributed by atoms with Crippen LogP contribution in [-0.4, -0.2) is 96.7 Å². The lowest BCUT2D eigenvalue weighted by molar-refractivity contribution is -0.161. The van der Waals surface area contributed by atoms with Crippen LogP contribution >= 0.6 is 15.6 Å². The Labute approximate surface area is 619 Å². The van der Waals surface area contributed by atoms with E-state index in [-0.39, 0.29) is 25.7 Å². The molecule has 0 radical (unpaired) electrons. The summed E-state index contributed by atoms with van der Waals surface area (Å²) in [6.07, 6.45) is 63.7. The van der Waals surface area contributed by atoms with Gasteiger partial charge in [-0.3, -0.25) is 37.3 Å². The van der Waals surface area contributed by atoms with E-state index in [2.05, 4.69) is 41.5 Å². The van der Waals surface area contributed by atoms with Gasteiger partial charge in [0.25, 0.3) is 0 Å². The number of phosphoric ester groups is 2. The molecule has 0 aliphatic heterocycles. The summed E-state index contributed by atoms with van der Waals surface area (Å²) in [5.74, 6) is -0.530. The summed E-state index contributed by atoms with van der Waals surface area (Å²) in [6, 6.07) is 0. The van der Waals surface area contributed by atoms with Gasteiger partial charge in [0.2, 0.25) is 0 Å². The Balaban J connectivity index is 5.25. The normalized spacial score (nSPS) is 14.4. The number of aliphatic hydroxyl groups excluding tert-OH is 1. The molecule has 0 bridgehead atoms. The van der Waals surface area contributed by atoms with Gasteiger partial charge in [0, 0.05) is 25.7 Å². The zero-order chi connectivity index (χ0) is 74.2. The fourth-order valence-corrected chi connectivity index (χ4v) is 14.2. The first kappa shape index (κ1) is 99.1. The second-order valence-corrected chi connectivity index (χ2v) is 32.9. The second kappa shape index (κ2) is 73.6. The maximum Gasteiger partial charge on any atom is 0.472 e. The molecule has 3 N–H and O–H groups in total. The highest BCUT2D eigenvalue weighted by atomic mass is 31.2. The standard InChI is InChI=1S/C82H160O17P2/c1-7-11-13-15-17-19-21-23-25-27-29-33-37-41-45-52-58-64-79(84)92-70-77(98-81(86)66-61-55-47-43-39-35-31-30-32-36-40-44-50-56-62-74(5)9-3)72-96-100(88,89)94-68-76(83)69-95-101(90,91)97-73-78(71-93-80(85)65-59-53-49-48-51-57-63-75(6)10-4)99-82(87)67-60-54-46-42-38-34-28-26-24-22-20-18-16-14-12-8-2/h74-78,83H,7-73H2,1-6H3,(H,88,89)(H,90,91)/t74?,75?,76-,77-,78-/m1/s1. The van der Waals surface area contributed by atoms with E-state index in [0.717, 1.165) is 108 Å². The maximum atomic E-state index is 13.1. The summed E-state index contributed by atoms with van der Waals surface area (Å²) >= 11 is 0. The minimum atomic E-state index is -4.96. The van der Waals surface area contributed by atoms with Crippen LogP contribution in [0, 0.1) is 11.8 Å². The van der Waals surface area contributed by atoms with E-state index in [4.69, 9.17) is 37.0 Å². The third kappa shape index (κ3) is 73.4. The van der Waals surface area contributed by atoms with Crippen molar-refractivity contribution < 1.29 is 80.2 Å². The Morgan fingerprint density at radius 1 is 0.277 bits per heavy atom. The first-order valence-corrected chi connectivity index (χ1v) is 45.6. The van der Waals surface area contributed by atoms with Crippen molar-refractivity contribution in [1.82, 2.24) is 0 Å². The van der Waals surface area contributed by atoms with Crippen molar-refractivity contribution in [2.75, 3.05) is 39.6 Å². The molecule has 0 saturated carbocycles. The number of carbonyl (C=O) groups is 4. The molecule has 0 spiro atoms. The SMILES string of the molecule is CCCCCCCCCCCCCCCCCCCC(=O)OC[C@H](COP(=O)(O)OC[C@@H](O)COP(=O)(O)OC[C@@H](COC(=O)CCCCCCCCC(C)CC)OC(=O)CCCCCCCCCCCCCCCCCC)OC(=O)CCCCCCCCCCCCCCCCC(C)CC. The van der Waals surface area contributed by atoms with Crippen LogP contribution in [0.1, 0.15) is 433 Å². The topological polar surface area (TPSA) is 237 Å². The summed E-state index contributed by atoms with van der Waals surface area (Å²) in [7, 11) is -9.92. The number of rotatable bonds is 81. The lowest BCUT2D eigenvalue weighted by Crippen LogP contribution is -2.30. The molecule has 7 atom stereocenters. The summed E-state index contributed by atoms with van der Waals surface area (Å²) < 4.78 is 68.8. The van der Waals surface area contributed by atoms with Crippen LogP contribution in [0.2, 0.25) is 0 Å². The maximum absolute atomic E-state index is 13.1. The number of aliphatic hydroxyl groups is 1. The number of hydrogen-bond donors (Lipinski definition) is 3. The highest BCUT2D eigenvalue weighted by Crippen LogP contribution is 2.45. The summed E-state index contributed by atoms with van der Waals surface area (Å²) in [5, 5.41) is 10.7. The Hall–Kier alpha value is -1.94. The molecule has 19 heteroatoms. The van der Waals surface area contributed by atoms with Crippen LogP contribution in [0.5, 0.6) is 0 Å². The Bertz CT molecular complexity index is 1950. The van der Waals surface area contributed by atoms with Crippen LogP contribution in [0.15, 0.2) is 0 Å². The second-order valence-electron chi connectivity index (χ2n) is 30.0. The molecule has 17 nitrogen and oxygen atoms in total. The van der Waals surface area contributed by atoms with Crippen molar-refractivity contribution >= 4 is 39.5 Å². The van der Waals surface area contributed by atoms with Crippen LogP contribution < -0.4 is 0 Å². The predicted molar refractivity (Wildman–Crippen MR) is 414 cm³/mol. The molecular weight excluding hydrogens is 1320 g/mol. The highest BCUT2D eigenvalue weighted by molar-refractivity contribution is 7.47. The van der Waals surface area contributed by atoms with Gasteiger partial charge in [-0.05, 0) is 37.5 Å². The lowest BCUT2D eigenvalue weighted by Gasteiger charge is -2.21. The molecule has 101 heavy (non-hydrogen) atoms. The summed E-state index contributed by atoms with van der Waals surface area (Å²) in [6.45, 7) is 9.66. The number of hydrogen-bond acceptors (Lipinski definition) is 15. The van der Waals surface area contributed by atoms with Crippen LogP contribution in [0.25, 0.3) is 0 Å². The first-order valence-electron chi connectivity index (χ1n) is 42.6. The van der Waals surface area contributed by atoms with Crippen molar-refractivity contribution in [2.45, 2.75) is 452 Å². The number of unbranched alkanes of at least 4 members (excludes halogenated alkanes) is 49. The predicted octanol–water partition coefficient (Wildman–Crippen LogP) is 24.7. The first-order chi connectivity index (χ1) is 48.9. The number of carbonyl (C=O) groups excluding carboxylic acids is 4. The fraction of sp³-hybridized carbons (Fsp3) is 0.951. The largest absolute Gasteiger partial charge is 0.472 e. The summed E-state index contributed by atoms with van der Waals surface area (Å²) in [4.78, 5) is 73.1. The van der Waals surface area contributed by atoms with Gasteiger partial charge in [0.15, 0.2) is 12.2 Å². The minimum absolute atomic E-state index is 0.108. The Kier molecular flexibility index (Phi) is 72.2. The van der Waals surface area contributed by atoms with Gasteiger partial charge in [0.05, 0.1) is 26.4 Å². The van der Waals surface area contributed by atoms with Gasteiger partial charge in [-0.25, -0.2) is 9.13 Å². The van der Waals surface area contributed by atoms with E-state index in [1.807, 2.05) is 0 Å². The molecule has 0 amide bonds. The van der Waals surface area contributed by atoms with E-state index < -0.39 is 97.5 Å². The zero-order valence-corrected chi connectivity index (χ0v) is 68.0. The smallest absolute Gasteiger partial charge is 0.462 e. The van der Waals surface area contributed by atoms with Crippen LogP contribution in [-0.2, 0) is 65.4 Å². The molecule has 0 heterocycles. The third-order valence-electron chi connectivity index (χ3n) is 19.9. The van der Waals surface area contributed by atoms with Crippen molar-refractivity contribution in [1.29, 1.82) is 0 Å². The molecule has 0 fully saturated rings. The number of phosphoric acid groups is 2. The van der Waals surface area contributed by atoms with Gasteiger partial charge in [0.1, 0.15) is 19.3 Å². The monoisotopic (exact) mass is 1480 g/mol. The van der Waals surface area contributed by atoms with Gasteiger partial charge in [-0.15, -0.1) is 0 Å². The molecule has 0 aliphatic carbocycles. The van der Waals surface area contributed by atoms with Crippen molar-refractivity contribution in [3.05, 3.63) is 0 Å². The van der Waals surface area contributed by atoms with E-state index in [1.54, 1.807) is 0 Å². The van der Waals surface area contributed by atoms with Crippen LogP contribution in [0.3, 0.4) is 0 Å². The molecule has 0 aromatic carbocycles. The van der Waals surface area contributed by atoms with E-state index in [1.165, 1.54) is 244 Å².